The lowest BCUT2D eigenvalue weighted by Crippen LogP contribution is -2.04. The summed E-state index contributed by atoms with van der Waals surface area (Å²) in [5, 5.41) is 0. The molecular weight excluding hydrogens is 196 g/mol. The number of carbonyl (C=O) groups excluding carboxylic acids is 2. The first-order valence-electron chi connectivity index (χ1n) is 4.95. The Bertz CT molecular complexity index is 302. The molecule has 0 amide bonds. The van der Waals surface area contributed by atoms with Crippen LogP contribution in [0.3, 0.4) is 0 Å². The van der Waals surface area contributed by atoms with Crippen molar-refractivity contribution in [1.29, 1.82) is 0 Å². The predicted octanol–water partition coefficient (Wildman–Crippen LogP) is 1.72. The van der Waals surface area contributed by atoms with Crippen LogP contribution in [-0.2, 0) is 19.1 Å². The van der Waals surface area contributed by atoms with Crippen molar-refractivity contribution in [3.8, 4) is 0 Å². The molecule has 4 nitrogen and oxygen atoms in total. The first-order chi connectivity index (χ1) is 7.22. The van der Waals surface area contributed by atoms with Gasteiger partial charge in [-0.2, -0.15) is 0 Å². The summed E-state index contributed by atoms with van der Waals surface area (Å²) in [5.41, 5.74) is 0. The van der Waals surface area contributed by atoms with Gasteiger partial charge in [-0.3, -0.25) is 4.79 Å². The lowest BCUT2D eigenvalue weighted by molar-refractivity contribution is -0.137. The summed E-state index contributed by atoms with van der Waals surface area (Å²) in [5.74, 6) is 0.229. The fourth-order valence-corrected chi connectivity index (χ4v) is 1.22. The van der Waals surface area contributed by atoms with Crippen LogP contribution in [0.25, 0.3) is 0 Å². The minimum atomic E-state index is -0.444. The fraction of sp³-hybridized carbons (Fsp3) is 0.455. The molecule has 1 aliphatic rings. The van der Waals surface area contributed by atoms with E-state index in [9.17, 15) is 9.59 Å². The van der Waals surface area contributed by atoms with Gasteiger partial charge in [0.1, 0.15) is 5.76 Å². The van der Waals surface area contributed by atoms with E-state index in [4.69, 9.17) is 4.74 Å². The number of hydrogen-bond donors (Lipinski definition) is 0. The number of ketones is 1. The highest BCUT2D eigenvalue weighted by atomic mass is 16.5. The van der Waals surface area contributed by atoms with E-state index < -0.39 is 5.97 Å². The van der Waals surface area contributed by atoms with E-state index in [1.807, 2.05) is 0 Å². The molecule has 0 aromatic rings. The second kappa shape index (κ2) is 6.01. The summed E-state index contributed by atoms with van der Waals surface area (Å²) in [6.45, 7) is 2.07. The lowest BCUT2D eigenvalue weighted by atomic mass is 10.1. The molecule has 0 saturated heterocycles. The molecule has 1 rings (SSSR count). The molecule has 0 bridgehead atoms. The zero-order chi connectivity index (χ0) is 11.1. The second-order valence-electron chi connectivity index (χ2n) is 3.10. The molecule has 0 fully saturated rings. The van der Waals surface area contributed by atoms with E-state index in [-0.39, 0.29) is 5.78 Å². The van der Waals surface area contributed by atoms with Gasteiger partial charge in [-0.1, -0.05) is 0 Å². The third-order valence-electron chi connectivity index (χ3n) is 1.88. The summed E-state index contributed by atoms with van der Waals surface area (Å²) >= 11 is 0. The van der Waals surface area contributed by atoms with E-state index in [1.165, 1.54) is 18.4 Å². The van der Waals surface area contributed by atoms with Crippen LogP contribution in [0.5, 0.6) is 0 Å². The van der Waals surface area contributed by atoms with Crippen molar-refractivity contribution in [2.24, 2.45) is 0 Å². The van der Waals surface area contributed by atoms with Gasteiger partial charge in [0.25, 0.3) is 0 Å². The van der Waals surface area contributed by atoms with Gasteiger partial charge in [0.2, 0.25) is 0 Å². The first-order valence-corrected chi connectivity index (χ1v) is 4.95. The fourth-order valence-electron chi connectivity index (χ4n) is 1.22. The van der Waals surface area contributed by atoms with Gasteiger partial charge in [-0.05, 0) is 13.3 Å². The molecule has 4 heteroatoms. The predicted molar refractivity (Wildman–Crippen MR) is 53.8 cm³/mol. The smallest absolute Gasteiger partial charge is 0.333 e. The van der Waals surface area contributed by atoms with Crippen molar-refractivity contribution in [1.82, 2.24) is 0 Å². The second-order valence-corrected chi connectivity index (χ2v) is 3.10. The third-order valence-corrected chi connectivity index (χ3v) is 1.88. The van der Waals surface area contributed by atoms with Crippen LogP contribution in [0.4, 0.5) is 0 Å². The molecule has 1 aliphatic carbocycles. The number of esters is 1. The van der Waals surface area contributed by atoms with Crippen molar-refractivity contribution in [2.45, 2.75) is 26.2 Å². The van der Waals surface area contributed by atoms with E-state index in [1.54, 1.807) is 6.92 Å². The molecule has 0 aromatic heterocycles. The Balaban J connectivity index is 2.36. The van der Waals surface area contributed by atoms with Gasteiger partial charge in [0.05, 0.1) is 18.9 Å². The minimum absolute atomic E-state index is 0.0702. The Morgan fingerprint density at radius 3 is 3.00 bits per heavy atom. The summed E-state index contributed by atoms with van der Waals surface area (Å²) in [6.07, 6.45) is 6.04. The molecule has 0 aliphatic heterocycles. The molecule has 0 radical (unpaired) electrons. The summed E-state index contributed by atoms with van der Waals surface area (Å²) in [7, 11) is 0. The quantitative estimate of drug-likeness (QED) is 0.402. The van der Waals surface area contributed by atoms with Gasteiger partial charge in [0.15, 0.2) is 5.78 Å². The van der Waals surface area contributed by atoms with E-state index in [0.717, 1.165) is 12.8 Å². The SMILES string of the molecule is CCOC(=O)/C=C\OC1=CC(=O)CCC1. The number of carbonyl (C=O) groups is 2. The Kier molecular flexibility index (Phi) is 4.60. The molecule has 0 heterocycles. The maximum Gasteiger partial charge on any atom is 0.333 e. The first kappa shape index (κ1) is 11.5. The average Bonchev–Trinajstić information content (AvgIpc) is 2.18. The monoisotopic (exact) mass is 210 g/mol. The van der Waals surface area contributed by atoms with E-state index in [0.29, 0.717) is 18.8 Å². The highest BCUT2D eigenvalue weighted by Gasteiger charge is 2.09. The van der Waals surface area contributed by atoms with Gasteiger partial charge >= 0.3 is 5.97 Å². The summed E-state index contributed by atoms with van der Waals surface area (Å²) in [4.78, 5) is 21.9. The van der Waals surface area contributed by atoms with Crippen LogP contribution in [-0.4, -0.2) is 18.4 Å². The molecule has 0 saturated carbocycles. The average molecular weight is 210 g/mol. The lowest BCUT2D eigenvalue weighted by Gasteiger charge is -2.09. The van der Waals surface area contributed by atoms with E-state index in [2.05, 4.69) is 4.74 Å². The Labute approximate surface area is 88.6 Å². The third kappa shape index (κ3) is 4.44. The van der Waals surface area contributed by atoms with Crippen molar-refractivity contribution >= 4 is 11.8 Å². The van der Waals surface area contributed by atoms with Crippen molar-refractivity contribution in [3.05, 3.63) is 24.2 Å². The van der Waals surface area contributed by atoms with Crippen LogP contribution in [0.2, 0.25) is 0 Å². The topological polar surface area (TPSA) is 52.6 Å². The highest BCUT2D eigenvalue weighted by molar-refractivity contribution is 5.90. The number of rotatable bonds is 4. The molecule has 0 spiro atoms. The van der Waals surface area contributed by atoms with Gasteiger partial charge in [0, 0.05) is 18.9 Å². The maximum absolute atomic E-state index is 11.0. The highest BCUT2D eigenvalue weighted by Crippen LogP contribution is 2.16. The Hall–Kier alpha value is -1.58. The number of ether oxygens (including phenoxy) is 2. The Morgan fingerprint density at radius 1 is 1.53 bits per heavy atom. The zero-order valence-electron chi connectivity index (χ0n) is 8.69. The maximum atomic E-state index is 11.0. The molecular formula is C11H14O4. The molecule has 0 atom stereocenters. The van der Waals surface area contributed by atoms with Crippen molar-refractivity contribution < 1.29 is 19.1 Å². The molecule has 0 aromatic carbocycles. The zero-order valence-corrected chi connectivity index (χ0v) is 8.69. The van der Waals surface area contributed by atoms with Gasteiger partial charge < -0.3 is 9.47 Å². The van der Waals surface area contributed by atoms with E-state index >= 15 is 0 Å². The normalized spacial score (nSPS) is 16.3. The van der Waals surface area contributed by atoms with Crippen molar-refractivity contribution in [2.75, 3.05) is 6.61 Å². The molecule has 15 heavy (non-hydrogen) atoms. The van der Waals surface area contributed by atoms with Crippen LogP contribution in [0.15, 0.2) is 24.2 Å². The standard InChI is InChI=1S/C11H14O4/c1-2-14-11(13)6-7-15-10-5-3-4-9(12)8-10/h6-8H,2-5H2,1H3/b7-6-. The Morgan fingerprint density at radius 2 is 2.33 bits per heavy atom. The summed E-state index contributed by atoms with van der Waals surface area (Å²) in [6, 6.07) is 0. The molecule has 0 unspecified atom stereocenters. The van der Waals surface area contributed by atoms with Crippen LogP contribution in [0.1, 0.15) is 26.2 Å². The number of hydrogen-bond acceptors (Lipinski definition) is 4. The minimum Gasteiger partial charge on any atom is -0.469 e. The number of allylic oxidation sites excluding steroid dienone is 2. The van der Waals surface area contributed by atoms with Gasteiger partial charge in [-0.15, -0.1) is 0 Å². The van der Waals surface area contributed by atoms with Crippen LogP contribution >= 0.6 is 0 Å². The van der Waals surface area contributed by atoms with Crippen LogP contribution < -0.4 is 0 Å². The van der Waals surface area contributed by atoms with Crippen LogP contribution in [0, 0.1) is 0 Å². The summed E-state index contributed by atoms with van der Waals surface area (Å²) < 4.78 is 9.79. The van der Waals surface area contributed by atoms with Gasteiger partial charge in [-0.25, -0.2) is 4.79 Å². The molecule has 0 N–H and O–H groups in total. The van der Waals surface area contributed by atoms with Crippen molar-refractivity contribution in [3.63, 3.8) is 0 Å². The largest absolute Gasteiger partial charge is 0.469 e. The molecule has 82 valence electrons.